The molecule has 7 heteroatoms. The highest BCUT2D eigenvalue weighted by atomic mass is 16.5. The summed E-state index contributed by atoms with van der Waals surface area (Å²) in [5.41, 5.74) is 17.2. The van der Waals surface area contributed by atoms with Gasteiger partial charge in [0.1, 0.15) is 23.1 Å². The van der Waals surface area contributed by atoms with Crippen molar-refractivity contribution < 1.29 is 4.74 Å². The Morgan fingerprint density at radius 3 is 2.57 bits per heavy atom. The van der Waals surface area contributed by atoms with Crippen molar-refractivity contribution in [1.82, 2.24) is 19.7 Å². The highest BCUT2D eigenvalue weighted by Gasteiger charge is 2.23. The first-order valence-electron chi connectivity index (χ1n) is 9.79. The predicted molar refractivity (Wildman–Crippen MR) is 113 cm³/mol. The molecule has 1 aliphatic rings. The van der Waals surface area contributed by atoms with Gasteiger partial charge in [0.15, 0.2) is 11.5 Å². The van der Waals surface area contributed by atoms with Gasteiger partial charge in [0.25, 0.3) is 0 Å². The first kappa shape index (κ1) is 19.9. The zero-order chi connectivity index (χ0) is 20.6. The number of ether oxygens (including phenoxy) is 1. The number of nitrogens with zero attached hydrogens (tertiary/aromatic N) is 4. The van der Waals surface area contributed by atoms with E-state index in [9.17, 15) is 0 Å². The number of aromatic nitrogens is 4. The van der Waals surface area contributed by atoms with Crippen LogP contribution < -0.4 is 11.5 Å². The van der Waals surface area contributed by atoms with E-state index in [1.165, 1.54) is 0 Å². The van der Waals surface area contributed by atoms with E-state index < -0.39 is 0 Å². The fourth-order valence-corrected chi connectivity index (χ4v) is 3.33. The second-order valence-corrected chi connectivity index (χ2v) is 7.62. The lowest BCUT2D eigenvalue weighted by atomic mass is 9.95. The Morgan fingerprint density at radius 1 is 1.25 bits per heavy atom. The SMILES string of the molecule is CC/C(C)=C(\N)OC1=C(C)C=C(c2nn(C(C)C)c3nc(C)nc(N)c23)CC1. The molecule has 0 radical (unpaired) electrons. The van der Waals surface area contributed by atoms with Crippen molar-refractivity contribution in [3.05, 3.63) is 40.4 Å². The van der Waals surface area contributed by atoms with Crippen molar-refractivity contribution in [3.63, 3.8) is 0 Å². The summed E-state index contributed by atoms with van der Waals surface area (Å²) in [4.78, 5) is 8.96. The third kappa shape index (κ3) is 3.61. The molecule has 4 N–H and O–H groups in total. The first-order chi connectivity index (χ1) is 13.2. The van der Waals surface area contributed by atoms with Gasteiger partial charge in [0, 0.05) is 12.5 Å². The molecule has 0 bridgehead atoms. The van der Waals surface area contributed by atoms with E-state index in [1.807, 2.05) is 25.5 Å². The molecule has 0 aromatic carbocycles. The van der Waals surface area contributed by atoms with Gasteiger partial charge in [-0.15, -0.1) is 0 Å². The summed E-state index contributed by atoms with van der Waals surface area (Å²) in [6, 6.07) is 0.173. The van der Waals surface area contributed by atoms with Crippen molar-refractivity contribution in [2.45, 2.75) is 66.8 Å². The van der Waals surface area contributed by atoms with E-state index in [2.05, 4.69) is 36.8 Å². The molecule has 150 valence electrons. The molecular weight excluding hydrogens is 352 g/mol. The molecule has 7 nitrogen and oxygen atoms in total. The van der Waals surface area contributed by atoms with Crippen LogP contribution in [-0.4, -0.2) is 19.7 Å². The molecule has 0 atom stereocenters. The molecule has 2 aromatic heterocycles. The molecule has 2 aromatic rings. The maximum absolute atomic E-state index is 6.26. The minimum Gasteiger partial charge on any atom is -0.446 e. The molecular formula is C21H30N6O. The molecule has 3 rings (SSSR count). The van der Waals surface area contributed by atoms with Gasteiger partial charge in [-0.25, -0.2) is 14.6 Å². The average Bonchev–Trinajstić information content (AvgIpc) is 3.02. The van der Waals surface area contributed by atoms with Crippen LogP contribution in [0.3, 0.4) is 0 Å². The molecule has 0 saturated carbocycles. The van der Waals surface area contributed by atoms with Crippen molar-refractivity contribution in [1.29, 1.82) is 0 Å². The number of aryl methyl sites for hydroxylation is 1. The zero-order valence-corrected chi connectivity index (χ0v) is 17.6. The van der Waals surface area contributed by atoms with Crippen LogP contribution in [0.2, 0.25) is 0 Å². The minimum absolute atomic E-state index is 0.173. The normalized spacial score (nSPS) is 15.9. The van der Waals surface area contributed by atoms with E-state index in [-0.39, 0.29) is 6.04 Å². The number of fused-ring (bicyclic) bond motifs is 1. The van der Waals surface area contributed by atoms with Gasteiger partial charge < -0.3 is 16.2 Å². The van der Waals surface area contributed by atoms with Crippen LogP contribution in [0.1, 0.15) is 71.4 Å². The smallest absolute Gasteiger partial charge is 0.189 e. The average molecular weight is 383 g/mol. The van der Waals surface area contributed by atoms with E-state index in [4.69, 9.17) is 21.3 Å². The van der Waals surface area contributed by atoms with Gasteiger partial charge >= 0.3 is 0 Å². The molecule has 0 unspecified atom stereocenters. The van der Waals surface area contributed by atoms with Crippen LogP contribution in [0.5, 0.6) is 0 Å². The van der Waals surface area contributed by atoms with Crippen LogP contribution >= 0.6 is 0 Å². The number of nitrogens with two attached hydrogens (primary N) is 2. The summed E-state index contributed by atoms with van der Waals surface area (Å²) in [6.07, 6.45) is 4.54. The minimum atomic E-state index is 0.173. The third-order valence-electron chi connectivity index (χ3n) is 5.12. The molecule has 2 heterocycles. The van der Waals surface area contributed by atoms with E-state index in [1.54, 1.807) is 0 Å². The molecule has 28 heavy (non-hydrogen) atoms. The van der Waals surface area contributed by atoms with Gasteiger partial charge in [0.05, 0.1) is 5.39 Å². The van der Waals surface area contributed by atoms with Crippen molar-refractivity contribution >= 4 is 22.4 Å². The highest BCUT2D eigenvalue weighted by molar-refractivity contribution is 5.96. The lowest BCUT2D eigenvalue weighted by molar-refractivity contribution is 0.277. The number of hydrogen-bond acceptors (Lipinski definition) is 6. The number of nitrogen functional groups attached to an aromatic ring is 1. The monoisotopic (exact) mass is 382 g/mol. The predicted octanol–water partition coefficient (Wildman–Crippen LogP) is 4.37. The Morgan fingerprint density at radius 2 is 1.96 bits per heavy atom. The molecule has 0 fully saturated rings. The van der Waals surface area contributed by atoms with Crippen molar-refractivity contribution in [3.8, 4) is 0 Å². The number of hydrogen-bond donors (Lipinski definition) is 2. The van der Waals surface area contributed by atoms with Crippen LogP contribution in [0, 0.1) is 6.92 Å². The molecule has 1 aliphatic carbocycles. The number of rotatable bonds is 5. The van der Waals surface area contributed by atoms with Gasteiger partial charge in [-0.1, -0.05) is 13.0 Å². The lowest BCUT2D eigenvalue weighted by Crippen LogP contribution is -2.09. The zero-order valence-electron chi connectivity index (χ0n) is 17.6. The van der Waals surface area contributed by atoms with Crippen LogP contribution in [0.15, 0.2) is 28.9 Å². The highest BCUT2D eigenvalue weighted by Crippen LogP contribution is 2.36. The second-order valence-electron chi connectivity index (χ2n) is 7.62. The summed E-state index contributed by atoms with van der Waals surface area (Å²) in [5, 5.41) is 5.67. The Kier molecular flexibility index (Phi) is 5.45. The summed E-state index contributed by atoms with van der Waals surface area (Å²) in [7, 11) is 0. The summed E-state index contributed by atoms with van der Waals surface area (Å²) < 4.78 is 7.85. The largest absolute Gasteiger partial charge is 0.446 e. The van der Waals surface area contributed by atoms with E-state index in [0.717, 1.165) is 58.5 Å². The molecule has 0 amide bonds. The summed E-state index contributed by atoms with van der Waals surface area (Å²) in [6.45, 7) is 12.1. The number of allylic oxidation sites excluding steroid dienone is 5. The van der Waals surface area contributed by atoms with Gasteiger partial charge in [-0.3, -0.25) is 0 Å². The molecule has 0 aliphatic heterocycles. The fraction of sp³-hybridized carbons (Fsp3) is 0.476. The Labute approximate surface area is 166 Å². The van der Waals surface area contributed by atoms with Gasteiger partial charge in [0.2, 0.25) is 0 Å². The second kappa shape index (κ2) is 7.66. The topological polar surface area (TPSA) is 105 Å². The first-order valence-corrected chi connectivity index (χ1v) is 9.79. The Hall–Kier alpha value is -2.83. The van der Waals surface area contributed by atoms with Crippen molar-refractivity contribution in [2.24, 2.45) is 5.73 Å². The molecule has 0 saturated heterocycles. The Balaban J connectivity index is 2.08. The van der Waals surface area contributed by atoms with E-state index in [0.29, 0.717) is 17.5 Å². The number of anilines is 1. The maximum atomic E-state index is 6.26. The maximum Gasteiger partial charge on any atom is 0.189 e. The van der Waals surface area contributed by atoms with Crippen LogP contribution in [0.25, 0.3) is 16.6 Å². The third-order valence-corrected chi connectivity index (χ3v) is 5.12. The van der Waals surface area contributed by atoms with Gasteiger partial charge in [-0.2, -0.15) is 5.10 Å². The summed E-state index contributed by atoms with van der Waals surface area (Å²) in [5.74, 6) is 2.52. The van der Waals surface area contributed by atoms with Gasteiger partial charge in [-0.05, 0) is 64.2 Å². The molecule has 0 spiro atoms. The van der Waals surface area contributed by atoms with Crippen molar-refractivity contribution in [2.75, 3.05) is 5.73 Å². The lowest BCUT2D eigenvalue weighted by Gasteiger charge is -2.19. The van der Waals surface area contributed by atoms with Crippen LogP contribution in [0.4, 0.5) is 5.82 Å². The quantitative estimate of drug-likeness (QED) is 0.744. The standard InChI is InChI=1S/C21H30N6O/c1-7-12(4)20(23)28-16-9-8-15(10-13(16)5)18-17-19(22)24-14(6)25-21(17)27(26-18)11(2)3/h10-11H,7-9,23H2,1-6H3,(H2,22,24,25)/b20-12+. The summed E-state index contributed by atoms with van der Waals surface area (Å²) >= 11 is 0. The Bertz CT molecular complexity index is 1010. The van der Waals surface area contributed by atoms with E-state index >= 15 is 0 Å². The fourth-order valence-electron chi connectivity index (χ4n) is 3.33. The van der Waals surface area contributed by atoms with Crippen LogP contribution in [-0.2, 0) is 4.74 Å².